The van der Waals surface area contributed by atoms with Crippen molar-refractivity contribution in [2.24, 2.45) is 0 Å². The summed E-state index contributed by atoms with van der Waals surface area (Å²) < 4.78 is 11.0. The second-order valence-electron chi connectivity index (χ2n) is 7.82. The Labute approximate surface area is 181 Å². The van der Waals surface area contributed by atoms with Gasteiger partial charge in [-0.2, -0.15) is 0 Å². The number of benzene rings is 1. The van der Waals surface area contributed by atoms with Crippen LogP contribution in [0.15, 0.2) is 48.8 Å². The van der Waals surface area contributed by atoms with E-state index >= 15 is 0 Å². The first-order valence-corrected chi connectivity index (χ1v) is 9.67. The Hall–Kier alpha value is -3.88. The first kappa shape index (κ1) is 21.8. The first-order chi connectivity index (χ1) is 14.7. The summed E-state index contributed by atoms with van der Waals surface area (Å²) in [6, 6.07) is 10.7. The number of carbonyl (C=O) groups excluding carboxylic acids is 1. The highest BCUT2D eigenvalue weighted by atomic mass is 16.5. The molecule has 0 unspecified atom stereocenters. The standard InChI is InChI=1S/C22H26N6O3/c1-22(2,3)28-19(29)13-31-16-7-5-6-14(10-16)20-25-12-17(30-4)21(27-20)26-15-8-9-18(23)24-11-15/h5-12H,13H2,1-4H3,(H2,23,24)(H,28,29)(H,25,26,27). The summed E-state index contributed by atoms with van der Waals surface area (Å²) in [6.45, 7) is 5.66. The third kappa shape index (κ3) is 6.30. The molecule has 0 aliphatic rings. The minimum absolute atomic E-state index is 0.0822. The van der Waals surface area contributed by atoms with Crippen LogP contribution in [0.3, 0.4) is 0 Å². The molecule has 0 aliphatic heterocycles. The number of nitrogens with one attached hydrogen (secondary N) is 2. The molecule has 0 aliphatic carbocycles. The second kappa shape index (κ2) is 9.29. The number of nitrogen functional groups attached to an aromatic ring is 1. The second-order valence-corrected chi connectivity index (χ2v) is 7.82. The van der Waals surface area contributed by atoms with Gasteiger partial charge in [0.15, 0.2) is 24.0 Å². The fourth-order valence-electron chi connectivity index (χ4n) is 2.69. The van der Waals surface area contributed by atoms with Crippen LogP contribution < -0.4 is 25.8 Å². The van der Waals surface area contributed by atoms with Crippen LogP contribution in [-0.2, 0) is 4.79 Å². The number of carbonyl (C=O) groups is 1. The van der Waals surface area contributed by atoms with Gasteiger partial charge in [-0.05, 0) is 45.0 Å². The maximum atomic E-state index is 12.0. The van der Waals surface area contributed by atoms with E-state index in [0.29, 0.717) is 34.6 Å². The summed E-state index contributed by atoms with van der Waals surface area (Å²) in [5.41, 5.74) is 6.76. The Bertz CT molecular complexity index is 1050. The van der Waals surface area contributed by atoms with Gasteiger partial charge in [-0.15, -0.1) is 0 Å². The average molecular weight is 422 g/mol. The van der Waals surface area contributed by atoms with Crippen LogP contribution in [0.25, 0.3) is 11.4 Å². The van der Waals surface area contributed by atoms with Crippen LogP contribution in [0, 0.1) is 0 Å². The minimum Gasteiger partial charge on any atom is -0.491 e. The number of pyridine rings is 1. The van der Waals surface area contributed by atoms with Gasteiger partial charge in [-0.1, -0.05) is 12.1 Å². The molecule has 1 amide bonds. The molecule has 1 aromatic carbocycles. The van der Waals surface area contributed by atoms with E-state index in [1.165, 1.54) is 0 Å². The molecule has 2 heterocycles. The van der Waals surface area contributed by atoms with Crippen LogP contribution in [0.1, 0.15) is 20.8 Å². The number of aromatic nitrogens is 3. The van der Waals surface area contributed by atoms with Crippen LogP contribution in [0.4, 0.5) is 17.3 Å². The van der Waals surface area contributed by atoms with Crippen molar-refractivity contribution >= 4 is 23.2 Å². The zero-order valence-corrected chi connectivity index (χ0v) is 18.0. The molecular formula is C22H26N6O3. The molecule has 0 bridgehead atoms. The highest BCUT2D eigenvalue weighted by Gasteiger charge is 2.15. The topological polar surface area (TPSA) is 124 Å². The molecule has 0 radical (unpaired) electrons. The van der Waals surface area contributed by atoms with Gasteiger partial charge in [0.2, 0.25) is 0 Å². The van der Waals surface area contributed by atoms with E-state index in [1.807, 2.05) is 32.9 Å². The predicted octanol–water partition coefficient (Wildman–Crippen LogP) is 3.17. The molecule has 0 fully saturated rings. The number of amides is 1. The SMILES string of the molecule is COc1cnc(-c2cccc(OCC(=O)NC(C)(C)C)c2)nc1Nc1ccc(N)nc1. The summed E-state index contributed by atoms with van der Waals surface area (Å²) >= 11 is 0. The largest absolute Gasteiger partial charge is 0.491 e. The summed E-state index contributed by atoms with van der Waals surface area (Å²) in [6.07, 6.45) is 3.19. The van der Waals surface area contributed by atoms with Gasteiger partial charge < -0.3 is 25.8 Å². The Morgan fingerprint density at radius 3 is 2.61 bits per heavy atom. The zero-order valence-electron chi connectivity index (χ0n) is 18.0. The number of ether oxygens (including phenoxy) is 2. The predicted molar refractivity (Wildman–Crippen MR) is 119 cm³/mol. The molecule has 31 heavy (non-hydrogen) atoms. The van der Waals surface area contributed by atoms with E-state index in [9.17, 15) is 4.79 Å². The van der Waals surface area contributed by atoms with Crippen molar-refractivity contribution in [3.63, 3.8) is 0 Å². The molecule has 9 nitrogen and oxygen atoms in total. The quantitative estimate of drug-likeness (QED) is 0.530. The number of methoxy groups -OCH3 is 1. The van der Waals surface area contributed by atoms with Crippen molar-refractivity contribution in [2.75, 3.05) is 24.8 Å². The van der Waals surface area contributed by atoms with Crippen LogP contribution in [-0.4, -0.2) is 40.1 Å². The van der Waals surface area contributed by atoms with Gasteiger partial charge in [-0.3, -0.25) is 4.79 Å². The Morgan fingerprint density at radius 2 is 1.94 bits per heavy atom. The van der Waals surface area contributed by atoms with Crippen LogP contribution >= 0.6 is 0 Å². The maximum Gasteiger partial charge on any atom is 0.258 e. The van der Waals surface area contributed by atoms with Crippen molar-refractivity contribution in [3.8, 4) is 22.9 Å². The third-order valence-corrected chi connectivity index (χ3v) is 4.00. The summed E-state index contributed by atoms with van der Waals surface area (Å²) in [5.74, 6) is 2.20. The molecule has 0 spiro atoms. The summed E-state index contributed by atoms with van der Waals surface area (Å²) in [7, 11) is 1.54. The van der Waals surface area contributed by atoms with Crippen LogP contribution in [0.2, 0.25) is 0 Å². The van der Waals surface area contributed by atoms with E-state index in [1.54, 1.807) is 43.8 Å². The molecular weight excluding hydrogens is 396 g/mol. The van der Waals surface area contributed by atoms with Gasteiger partial charge >= 0.3 is 0 Å². The fourth-order valence-corrected chi connectivity index (χ4v) is 2.69. The summed E-state index contributed by atoms with van der Waals surface area (Å²) in [4.78, 5) is 25.0. The average Bonchev–Trinajstić information content (AvgIpc) is 2.73. The lowest BCUT2D eigenvalue weighted by Crippen LogP contribution is -2.43. The number of hydrogen-bond acceptors (Lipinski definition) is 8. The monoisotopic (exact) mass is 422 g/mol. The number of rotatable bonds is 7. The normalized spacial score (nSPS) is 11.0. The zero-order chi connectivity index (χ0) is 22.4. The lowest BCUT2D eigenvalue weighted by atomic mass is 10.1. The minimum atomic E-state index is -0.317. The van der Waals surface area contributed by atoms with Crippen molar-refractivity contribution in [2.45, 2.75) is 26.3 Å². The van der Waals surface area contributed by atoms with E-state index in [4.69, 9.17) is 15.2 Å². The van der Waals surface area contributed by atoms with Gasteiger partial charge in [0.1, 0.15) is 11.6 Å². The van der Waals surface area contributed by atoms with E-state index in [-0.39, 0.29) is 18.1 Å². The number of hydrogen-bond donors (Lipinski definition) is 3. The molecule has 162 valence electrons. The smallest absolute Gasteiger partial charge is 0.258 e. The number of nitrogens with two attached hydrogens (primary N) is 1. The fraction of sp³-hybridized carbons (Fsp3) is 0.273. The highest BCUT2D eigenvalue weighted by molar-refractivity contribution is 5.78. The number of anilines is 3. The first-order valence-electron chi connectivity index (χ1n) is 9.67. The molecule has 3 rings (SSSR count). The van der Waals surface area contributed by atoms with Gasteiger partial charge in [0.05, 0.1) is 25.2 Å². The summed E-state index contributed by atoms with van der Waals surface area (Å²) in [5, 5.41) is 6.02. The molecule has 0 saturated carbocycles. The Morgan fingerprint density at radius 1 is 1.13 bits per heavy atom. The molecule has 9 heteroatoms. The third-order valence-electron chi connectivity index (χ3n) is 4.00. The van der Waals surface area contributed by atoms with Crippen molar-refractivity contribution < 1.29 is 14.3 Å². The van der Waals surface area contributed by atoms with Crippen molar-refractivity contribution in [1.29, 1.82) is 0 Å². The van der Waals surface area contributed by atoms with Crippen molar-refractivity contribution in [3.05, 3.63) is 48.8 Å². The van der Waals surface area contributed by atoms with E-state index in [2.05, 4.69) is 25.6 Å². The Balaban J connectivity index is 1.78. The van der Waals surface area contributed by atoms with Crippen LogP contribution in [0.5, 0.6) is 11.5 Å². The van der Waals surface area contributed by atoms with Gasteiger partial charge in [-0.25, -0.2) is 15.0 Å². The molecule has 0 atom stereocenters. The lowest BCUT2D eigenvalue weighted by Gasteiger charge is -2.20. The highest BCUT2D eigenvalue weighted by Crippen LogP contribution is 2.28. The van der Waals surface area contributed by atoms with E-state index in [0.717, 1.165) is 5.56 Å². The van der Waals surface area contributed by atoms with E-state index < -0.39 is 0 Å². The molecule has 0 saturated heterocycles. The number of nitrogens with zero attached hydrogens (tertiary/aromatic N) is 3. The molecule has 3 aromatic rings. The molecule has 2 aromatic heterocycles. The van der Waals surface area contributed by atoms with Crippen molar-refractivity contribution in [1.82, 2.24) is 20.3 Å². The van der Waals surface area contributed by atoms with Gasteiger partial charge in [0.25, 0.3) is 5.91 Å². The lowest BCUT2D eigenvalue weighted by molar-refractivity contribution is -0.124. The maximum absolute atomic E-state index is 12.0. The Kier molecular flexibility index (Phi) is 6.54. The van der Waals surface area contributed by atoms with Gasteiger partial charge in [0, 0.05) is 11.1 Å². The molecule has 4 N–H and O–H groups in total.